The van der Waals surface area contributed by atoms with Crippen molar-refractivity contribution in [2.24, 2.45) is 4.99 Å². The van der Waals surface area contributed by atoms with Crippen LogP contribution in [-0.2, 0) is 9.53 Å². The number of carbonyl (C=O) groups excluding carboxylic acids is 1. The molecule has 0 spiro atoms. The van der Waals surface area contributed by atoms with Gasteiger partial charge in [0, 0.05) is 11.6 Å². The second-order valence-electron chi connectivity index (χ2n) is 8.27. The Kier molecular flexibility index (Phi) is 5.64. The number of hydrogen-bond donors (Lipinski definition) is 1. The Hall–Kier alpha value is -4.33. The van der Waals surface area contributed by atoms with Crippen molar-refractivity contribution in [3.05, 3.63) is 98.2 Å². The summed E-state index contributed by atoms with van der Waals surface area (Å²) in [6.45, 7) is 5.51. The van der Waals surface area contributed by atoms with Gasteiger partial charge < -0.3 is 18.9 Å². The second-order valence-corrected chi connectivity index (χ2v) is 8.27. The molecule has 0 fully saturated rings. The van der Waals surface area contributed by atoms with Gasteiger partial charge in [0.1, 0.15) is 28.7 Å². The minimum atomic E-state index is -0.813. The van der Waals surface area contributed by atoms with Crippen molar-refractivity contribution in [2.45, 2.75) is 26.8 Å². The number of H-pyrrole nitrogens is 1. The summed E-state index contributed by atoms with van der Waals surface area (Å²) in [4.78, 5) is 34.7. The van der Waals surface area contributed by atoms with E-state index in [1.165, 1.54) is 4.57 Å². The lowest BCUT2D eigenvalue weighted by Gasteiger charge is -2.27. The van der Waals surface area contributed by atoms with E-state index in [2.05, 4.69) is 9.98 Å². The molecule has 0 radical (unpaired) electrons. The largest absolute Gasteiger partial charge is 0.496 e. The van der Waals surface area contributed by atoms with E-state index in [4.69, 9.17) is 13.9 Å². The van der Waals surface area contributed by atoms with Gasteiger partial charge >= 0.3 is 5.97 Å². The van der Waals surface area contributed by atoms with Gasteiger partial charge in [-0.05, 0) is 49.7 Å². The normalized spacial score (nSPS) is 15.8. The number of imidazole rings is 1. The van der Waals surface area contributed by atoms with E-state index in [9.17, 15) is 9.59 Å². The fourth-order valence-corrected chi connectivity index (χ4v) is 4.58. The molecule has 1 aliphatic rings. The molecule has 2 aromatic carbocycles. The van der Waals surface area contributed by atoms with Crippen LogP contribution in [0.5, 0.6) is 5.75 Å². The number of aromatic amines is 1. The summed E-state index contributed by atoms with van der Waals surface area (Å²) in [7, 11) is 1.57. The van der Waals surface area contributed by atoms with Gasteiger partial charge in [0.15, 0.2) is 0 Å². The van der Waals surface area contributed by atoms with Gasteiger partial charge in [0.05, 0.1) is 25.0 Å². The summed E-state index contributed by atoms with van der Waals surface area (Å²) >= 11 is 0. The Morgan fingerprint density at radius 1 is 1.17 bits per heavy atom. The molecule has 0 saturated heterocycles. The highest BCUT2D eigenvalue weighted by molar-refractivity contribution is 5.95. The molecule has 0 amide bonds. The molecule has 1 N–H and O–H groups in total. The summed E-state index contributed by atoms with van der Waals surface area (Å²) in [5.41, 5.74) is 1.42. The third-order valence-electron chi connectivity index (χ3n) is 6.09. The lowest BCUT2D eigenvalue weighted by Crippen LogP contribution is -2.40. The van der Waals surface area contributed by atoms with E-state index in [0.717, 1.165) is 16.5 Å². The molecule has 8 nitrogen and oxygen atoms in total. The number of esters is 1. The number of rotatable bonds is 5. The Labute approximate surface area is 200 Å². The summed E-state index contributed by atoms with van der Waals surface area (Å²) in [5, 5.41) is 2.11. The Balaban J connectivity index is 1.86. The van der Waals surface area contributed by atoms with Crippen molar-refractivity contribution in [3.63, 3.8) is 0 Å². The quantitative estimate of drug-likeness (QED) is 0.451. The van der Waals surface area contributed by atoms with Crippen molar-refractivity contribution < 1.29 is 18.7 Å². The maximum atomic E-state index is 13.8. The topological polar surface area (TPSA) is 98.8 Å². The molecular formula is C27H25N3O5. The standard InChI is InChI=1S/C27H25N3O5/c1-5-34-26(32)22-16(3)28-27-29-20(14-18-12-10-15(2)35-18)25(31)30(27)24(22)23-19-9-7-6-8-17(19)11-13-21(23)33-4/h6-14,24H,5H2,1-4H3,(H,28,29)/b20-14+. The Morgan fingerprint density at radius 3 is 2.69 bits per heavy atom. The molecule has 0 saturated carbocycles. The fourth-order valence-electron chi connectivity index (χ4n) is 4.58. The monoisotopic (exact) mass is 471 g/mol. The van der Waals surface area contributed by atoms with Crippen LogP contribution in [0.4, 0.5) is 0 Å². The first-order valence-corrected chi connectivity index (χ1v) is 11.3. The van der Waals surface area contributed by atoms with Crippen molar-refractivity contribution in [1.82, 2.24) is 9.55 Å². The number of allylic oxidation sites excluding steroid dienone is 1. The van der Waals surface area contributed by atoms with Crippen molar-refractivity contribution in [1.29, 1.82) is 0 Å². The first-order valence-electron chi connectivity index (χ1n) is 11.3. The first kappa shape index (κ1) is 22.5. The maximum Gasteiger partial charge on any atom is 0.338 e. The molecule has 1 unspecified atom stereocenters. The van der Waals surface area contributed by atoms with Gasteiger partial charge in [0.25, 0.3) is 5.56 Å². The number of benzene rings is 2. The summed E-state index contributed by atoms with van der Waals surface area (Å²) in [5.74, 6) is 1.29. The van der Waals surface area contributed by atoms with Gasteiger partial charge in [-0.1, -0.05) is 30.3 Å². The van der Waals surface area contributed by atoms with E-state index >= 15 is 0 Å². The molecule has 0 aliphatic carbocycles. The van der Waals surface area contributed by atoms with E-state index in [1.54, 1.807) is 33.1 Å². The number of furan rings is 1. The molecule has 5 rings (SSSR count). The van der Waals surface area contributed by atoms with Crippen LogP contribution < -0.4 is 21.3 Å². The zero-order valence-corrected chi connectivity index (χ0v) is 19.9. The van der Waals surface area contributed by atoms with Crippen LogP contribution in [0, 0.1) is 6.92 Å². The number of carbonyl (C=O) groups is 1. The van der Waals surface area contributed by atoms with Crippen molar-refractivity contribution in [2.75, 3.05) is 13.7 Å². The molecule has 4 aromatic rings. The predicted molar refractivity (Wildman–Crippen MR) is 131 cm³/mol. The van der Waals surface area contributed by atoms with E-state index in [1.807, 2.05) is 49.4 Å². The zero-order valence-electron chi connectivity index (χ0n) is 19.9. The van der Waals surface area contributed by atoms with Crippen LogP contribution in [0.2, 0.25) is 0 Å². The maximum absolute atomic E-state index is 13.8. The number of nitrogens with zero attached hydrogens (tertiary/aromatic N) is 2. The molecular weight excluding hydrogens is 446 g/mol. The number of hydrogen-bond acceptors (Lipinski definition) is 6. The van der Waals surface area contributed by atoms with Crippen LogP contribution in [0.1, 0.15) is 37.0 Å². The van der Waals surface area contributed by atoms with E-state index < -0.39 is 12.0 Å². The van der Waals surface area contributed by atoms with Crippen LogP contribution in [0.25, 0.3) is 16.8 Å². The molecule has 1 aliphatic heterocycles. The zero-order chi connectivity index (χ0) is 24.7. The van der Waals surface area contributed by atoms with Crippen LogP contribution in [0.3, 0.4) is 0 Å². The average Bonchev–Trinajstić information content (AvgIpc) is 3.39. The summed E-state index contributed by atoms with van der Waals surface area (Å²) in [6.07, 6.45) is 1.63. The number of aromatic nitrogens is 2. The molecule has 35 heavy (non-hydrogen) atoms. The first-order chi connectivity index (χ1) is 16.9. The Bertz CT molecular complexity index is 1670. The highest BCUT2D eigenvalue weighted by atomic mass is 16.5. The third kappa shape index (κ3) is 3.77. The van der Waals surface area contributed by atoms with Gasteiger partial charge in [0.2, 0.25) is 5.62 Å². The highest BCUT2D eigenvalue weighted by Crippen LogP contribution is 2.40. The number of aryl methyl sites for hydroxylation is 1. The number of methoxy groups -OCH3 is 1. The van der Waals surface area contributed by atoms with Crippen LogP contribution in [0.15, 0.2) is 74.0 Å². The average molecular weight is 472 g/mol. The predicted octanol–water partition coefficient (Wildman–Crippen LogP) is 3.13. The molecule has 3 heterocycles. The summed E-state index contributed by atoms with van der Waals surface area (Å²) in [6, 6.07) is 14.4. The number of nitrogens with one attached hydrogen (secondary N) is 1. The van der Waals surface area contributed by atoms with Gasteiger partial charge in [-0.25, -0.2) is 9.79 Å². The van der Waals surface area contributed by atoms with Crippen LogP contribution in [-0.4, -0.2) is 29.2 Å². The van der Waals surface area contributed by atoms with E-state index in [0.29, 0.717) is 33.7 Å². The lowest BCUT2D eigenvalue weighted by molar-refractivity contribution is -0.139. The van der Waals surface area contributed by atoms with Gasteiger partial charge in [-0.2, -0.15) is 0 Å². The highest BCUT2D eigenvalue weighted by Gasteiger charge is 2.36. The van der Waals surface area contributed by atoms with E-state index in [-0.39, 0.29) is 17.7 Å². The number of fused-ring (bicyclic) bond motifs is 2. The smallest absolute Gasteiger partial charge is 0.338 e. The molecule has 0 bridgehead atoms. The minimum absolute atomic E-state index is 0.195. The SMILES string of the molecule is CCOC(=O)C1=C(C)N=c2[nH]/c(=C/c3ccc(C)o3)c(=O)n2C1c1c(OC)ccc2ccccc12. The minimum Gasteiger partial charge on any atom is -0.496 e. The number of ether oxygens (including phenoxy) is 2. The Morgan fingerprint density at radius 2 is 1.97 bits per heavy atom. The second kappa shape index (κ2) is 8.79. The van der Waals surface area contributed by atoms with Gasteiger partial charge in [-0.15, -0.1) is 0 Å². The molecule has 178 valence electrons. The van der Waals surface area contributed by atoms with Gasteiger partial charge in [-0.3, -0.25) is 9.36 Å². The molecule has 1 atom stereocenters. The summed E-state index contributed by atoms with van der Waals surface area (Å²) < 4.78 is 18.3. The fraction of sp³-hybridized carbons (Fsp3) is 0.222. The van der Waals surface area contributed by atoms with Crippen LogP contribution >= 0.6 is 0 Å². The van der Waals surface area contributed by atoms with Crippen molar-refractivity contribution >= 4 is 22.8 Å². The third-order valence-corrected chi connectivity index (χ3v) is 6.09. The van der Waals surface area contributed by atoms with Crippen molar-refractivity contribution in [3.8, 4) is 5.75 Å². The lowest BCUT2D eigenvalue weighted by atomic mass is 9.90. The molecule has 8 heteroatoms. The molecule has 2 aromatic heterocycles.